The molecule has 3 unspecified atom stereocenters. The lowest BCUT2D eigenvalue weighted by Crippen LogP contribution is -2.46. The molecule has 5 nitrogen and oxygen atoms in total. The van der Waals surface area contributed by atoms with E-state index in [4.69, 9.17) is 4.74 Å². The van der Waals surface area contributed by atoms with Crippen molar-refractivity contribution < 1.29 is 19.1 Å². The summed E-state index contributed by atoms with van der Waals surface area (Å²) in [5, 5.41) is 3.01. The highest BCUT2D eigenvalue weighted by Gasteiger charge is 2.27. The SMILES string of the molecule is Cc1ccc(C(=O)c2ccccc2C(=O)OC(C)C(=O)NC2CCCCC2C)cc1. The average molecular weight is 408 g/mol. The van der Waals surface area contributed by atoms with Crippen molar-refractivity contribution in [3.63, 3.8) is 0 Å². The number of hydrogen-bond donors (Lipinski definition) is 1. The molecule has 3 atom stereocenters. The Morgan fingerprint density at radius 1 is 0.967 bits per heavy atom. The van der Waals surface area contributed by atoms with Crippen molar-refractivity contribution in [1.29, 1.82) is 0 Å². The molecular weight excluding hydrogens is 378 g/mol. The predicted octanol–water partition coefficient (Wildman–Crippen LogP) is 4.47. The van der Waals surface area contributed by atoms with Gasteiger partial charge < -0.3 is 10.1 Å². The number of rotatable bonds is 6. The minimum atomic E-state index is -0.936. The van der Waals surface area contributed by atoms with E-state index in [-0.39, 0.29) is 28.9 Å². The van der Waals surface area contributed by atoms with Gasteiger partial charge in [-0.25, -0.2) is 4.79 Å². The van der Waals surface area contributed by atoms with E-state index in [0.717, 1.165) is 24.8 Å². The first-order valence-electron chi connectivity index (χ1n) is 10.6. The molecule has 3 rings (SSSR count). The lowest BCUT2D eigenvalue weighted by atomic mass is 9.86. The zero-order valence-corrected chi connectivity index (χ0v) is 17.8. The molecule has 1 fully saturated rings. The molecule has 5 heteroatoms. The number of carbonyl (C=O) groups excluding carboxylic acids is 3. The molecule has 158 valence electrons. The quantitative estimate of drug-likeness (QED) is 0.567. The van der Waals surface area contributed by atoms with Gasteiger partial charge in [-0.3, -0.25) is 9.59 Å². The number of amides is 1. The maximum atomic E-state index is 12.9. The molecular formula is C25H29NO4. The molecule has 0 aliphatic heterocycles. The van der Waals surface area contributed by atoms with Crippen molar-refractivity contribution >= 4 is 17.7 Å². The van der Waals surface area contributed by atoms with Crippen LogP contribution in [0.15, 0.2) is 48.5 Å². The number of ketones is 1. The van der Waals surface area contributed by atoms with Crippen LogP contribution < -0.4 is 5.32 Å². The van der Waals surface area contributed by atoms with E-state index in [2.05, 4.69) is 12.2 Å². The smallest absolute Gasteiger partial charge is 0.339 e. The largest absolute Gasteiger partial charge is 0.449 e. The zero-order chi connectivity index (χ0) is 21.7. The highest BCUT2D eigenvalue weighted by Crippen LogP contribution is 2.24. The molecule has 0 heterocycles. The fourth-order valence-electron chi connectivity index (χ4n) is 3.83. The molecule has 30 heavy (non-hydrogen) atoms. The van der Waals surface area contributed by atoms with Gasteiger partial charge in [0.2, 0.25) is 0 Å². The van der Waals surface area contributed by atoms with Gasteiger partial charge in [0, 0.05) is 17.2 Å². The highest BCUT2D eigenvalue weighted by molar-refractivity contribution is 6.14. The third-order valence-corrected chi connectivity index (χ3v) is 5.80. The maximum Gasteiger partial charge on any atom is 0.339 e. The summed E-state index contributed by atoms with van der Waals surface area (Å²) in [6.45, 7) is 5.64. The van der Waals surface area contributed by atoms with Gasteiger partial charge in [-0.15, -0.1) is 0 Å². The molecule has 1 aliphatic carbocycles. The average Bonchev–Trinajstić information content (AvgIpc) is 2.75. The Morgan fingerprint density at radius 3 is 2.27 bits per heavy atom. The summed E-state index contributed by atoms with van der Waals surface area (Å²) in [7, 11) is 0. The van der Waals surface area contributed by atoms with Crippen LogP contribution in [0.5, 0.6) is 0 Å². The topological polar surface area (TPSA) is 72.5 Å². The van der Waals surface area contributed by atoms with Crippen molar-refractivity contribution in [2.75, 3.05) is 0 Å². The third-order valence-electron chi connectivity index (χ3n) is 5.80. The molecule has 2 aromatic carbocycles. The summed E-state index contributed by atoms with van der Waals surface area (Å²) >= 11 is 0. The van der Waals surface area contributed by atoms with Crippen LogP contribution in [0, 0.1) is 12.8 Å². The third kappa shape index (κ3) is 5.15. The summed E-state index contributed by atoms with van der Waals surface area (Å²) in [6.07, 6.45) is 3.38. The van der Waals surface area contributed by atoms with Crippen LogP contribution in [0.25, 0.3) is 0 Å². The minimum Gasteiger partial charge on any atom is -0.449 e. The maximum absolute atomic E-state index is 12.9. The fourth-order valence-corrected chi connectivity index (χ4v) is 3.83. The van der Waals surface area contributed by atoms with E-state index in [1.165, 1.54) is 6.42 Å². The number of nitrogens with one attached hydrogen (secondary N) is 1. The molecule has 0 spiro atoms. The second kappa shape index (κ2) is 9.70. The second-order valence-corrected chi connectivity index (χ2v) is 8.17. The molecule has 0 saturated heterocycles. The normalized spacial score (nSPS) is 19.6. The summed E-state index contributed by atoms with van der Waals surface area (Å²) in [5.41, 5.74) is 1.97. The number of esters is 1. The van der Waals surface area contributed by atoms with Crippen LogP contribution >= 0.6 is 0 Å². The van der Waals surface area contributed by atoms with Crippen molar-refractivity contribution in [3.8, 4) is 0 Å². The van der Waals surface area contributed by atoms with Gasteiger partial charge in [0.15, 0.2) is 11.9 Å². The van der Waals surface area contributed by atoms with Crippen LogP contribution in [-0.2, 0) is 9.53 Å². The first-order valence-corrected chi connectivity index (χ1v) is 10.6. The molecule has 1 amide bonds. The van der Waals surface area contributed by atoms with E-state index in [1.807, 2.05) is 19.1 Å². The lowest BCUT2D eigenvalue weighted by molar-refractivity contribution is -0.130. The number of hydrogen-bond acceptors (Lipinski definition) is 4. The molecule has 2 aromatic rings. The van der Waals surface area contributed by atoms with Crippen molar-refractivity contribution in [1.82, 2.24) is 5.32 Å². The Balaban J connectivity index is 1.70. The van der Waals surface area contributed by atoms with Gasteiger partial charge in [-0.1, -0.05) is 67.8 Å². The van der Waals surface area contributed by atoms with Gasteiger partial charge in [-0.05, 0) is 38.7 Å². The van der Waals surface area contributed by atoms with Crippen LogP contribution in [0.2, 0.25) is 0 Å². The Labute approximate surface area is 177 Å². The van der Waals surface area contributed by atoms with Crippen molar-refractivity contribution in [3.05, 3.63) is 70.8 Å². The fraction of sp³-hybridized carbons (Fsp3) is 0.400. The first-order chi connectivity index (χ1) is 14.4. The van der Waals surface area contributed by atoms with Gasteiger partial charge >= 0.3 is 5.97 Å². The van der Waals surface area contributed by atoms with Crippen LogP contribution in [0.4, 0.5) is 0 Å². The number of benzene rings is 2. The highest BCUT2D eigenvalue weighted by atomic mass is 16.5. The lowest BCUT2D eigenvalue weighted by Gasteiger charge is -2.30. The first kappa shape index (κ1) is 21.8. The predicted molar refractivity (Wildman–Crippen MR) is 115 cm³/mol. The number of aryl methyl sites for hydroxylation is 1. The summed E-state index contributed by atoms with van der Waals surface area (Å²) < 4.78 is 5.42. The van der Waals surface area contributed by atoms with Gasteiger partial charge in [0.1, 0.15) is 0 Å². The van der Waals surface area contributed by atoms with Gasteiger partial charge in [-0.2, -0.15) is 0 Å². The van der Waals surface area contributed by atoms with Gasteiger partial charge in [0.05, 0.1) is 5.56 Å². The van der Waals surface area contributed by atoms with E-state index in [0.29, 0.717) is 11.5 Å². The van der Waals surface area contributed by atoms with Crippen LogP contribution in [0.3, 0.4) is 0 Å². The van der Waals surface area contributed by atoms with Crippen molar-refractivity contribution in [2.45, 2.75) is 58.6 Å². The Bertz CT molecular complexity index is 919. The van der Waals surface area contributed by atoms with Crippen LogP contribution in [0.1, 0.15) is 71.4 Å². The summed E-state index contributed by atoms with van der Waals surface area (Å²) in [6, 6.07) is 13.8. The molecule has 0 radical (unpaired) electrons. The Kier molecular flexibility index (Phi) is 7.03. The molecule has 1 saturated carbocycles. The van der Waals surface area contributed by atoms with E-state index >= 15 is 0 Å². The zero-order valence-electron chi connectivity index (χ0n) is 17.8. The molecule has 0 bridgehead atoms. The van der Waals surface area contributed by atoms with Crippen molar-refractivity contribution in [2.24, 2.45) is 5.92 Å². The van der Waals surface area contributed by atoms with E-state index in [9.17, 15) is 14.4 Å². The van der Waals surface area contributed by atoms with E-state index in [1.54, 1.807) is 43.3 Å². The van der Waals surface area contributed by atoms with E-state index < -0.39 is 12.1 Å². The Hall–Kier alpha value is -2.95. The van der Waals surface area contributed by atoms with Crippen LogP contribution in [-0.4, -0.2) is 29.8 Å². The molecule has 1 aliphatic rings. The molecule has 1 N–H and O–H groups in total. The van der Waals surface area contributed by atoms with Gasteiger partial charge in [0.25, 0.3) is 5.91 Å². The minimum absolute atomic E-state index is 0.114. The number of carbonyl (C=O) groups is 3. The summed E-state index contributed by atoms with van der Waals surface area (Å²) in [5.74, 6) is -0.816. The monoisotopic (exact) mass is 407 g/mol. The number of ether oxygens (including phenoxy) is 1. The standard InChI is InChI=1S/C25H29NO4/c1-16-12-14-19(15-13-16)23(27)20-9-5-6-10-21(20)25(29)30-18(3)24(28)26-22-11-7-4-8-17(22)2/h5-6,9-10,12-15,17-18,22H,4,7-8,11H2,1-3H3,(H,26,28). The Morgan fingerprint density at radius 2 is 1.60 bits per heavy atom. The second-order valence-electron chi connectivity index (χ2n) is 8.17. The molecule has 0 aromatic heterocycles. The summed E-state index contributed by atoms with van der Waals surface area (Å²) in [4.78, 5) is 38.2.